The number of likely N-dealkylation sites (tertiary alicyclic amines) is 1. The SMILES string of the molecule is CC1CC(C)N(C(=O)c2nc(C(C)C)ncc2NN)C1. The molecule has 1 aliphatic heterocycles. The van der Waals surface area contributed by atoms with Crippen molar-refractivity contribution in [3.05, 3.63) is 17.7 Å². The molecule has 1 aliphatic rings. The van der Waals surface area contributed by atoms with Gasteiger partial charge in [0.15, 0.2) is 5.69 Å². The molecule has 1 amide bonds. The smallest absolute Gasteiger partial charge is 0.275 e. The first-order chi connectivity index (χ1) is 9.43. The number of nitrogen functional groups attached to an aromatic ring is 1. The van der Waals surface area contributed by atoms with Crippen molar-refractivity contribution in [2.24, 2.45) is 11.8 Å². The second-order valence-electron chi connectivity index (χ2n) is 5.94. The summed E-state index contributed by atoms with van der Waals surface area (Å²) in [6, 6.07) is 0.237. The fourth-order valence-electron chi connectivity index (χ4n) is 2.66. The quantitative estimate of drug-likeness (QED) is 0.649. The van der Waals surface area contributed by atoms with E-state index in [9.17, 15) is 4.79 Å². The molecule has 0 saturated carbocycles. The van der Waals surface area contributed by atoms with Gasteiger partial charge in [0.2, 0.25) is 0 Å². The normalized spacial score (nSPS) is 22.4. The van der Waals surface area contributed by atoms with Gasteiger partial charge in [-0.25, -0.2) is 9.97 Å². The molecule has 1 saturated heterocycles. The van der Waals surface area contributed by atoms with Crippen molar-refractivity contribution in [3.63, 3.8) is 0 Å². The first kappa shape index (κ1) is 14.7. The molecular weight excluding hydrogens is 254 g/mol. The van der Waals surface area contributed by atoms with Crippen LogP contribution < -0.4 is 11.3 Å². The van der Waals surface area contributed by atoms with Gasteiger partial charge in [-0.1, -0.05) is 20.8 Å². The van der Waals surface area contributed by atoms with Gasteiger partial charge in [0.05, 0.1) is 11.9 Å². The second-order valence-corrected chi connectivity index (χ2v) is 5.94. The van der Waals surface area contributed by atoms with Gasteiger partial charge in [0, 0.05) is 18.5 Å². The van der Waals surface area contributed by atoms with Crippen LogP contribution in [0, 0.1) is 5.92 Å². The van der Waals surface area contributed by atoms with E-state index in [-0.39, 0.29) is 17.9 Å². The summed E-state index contributed by atoms with van der Waals surface area (Å²) in [5.41, 5.74) is 3.37. The third-order valence-electron chi connectivity index (χ3n) is 3.73. The first-order valence-corrected chi connectivity index (χ1v) is 7.08. The minimum atomic E-state index is -0.0703. The van der Waals surface area contributed by atoms with Crippen molar-refractivity contribution < 1.29 is 4.79 Å². The molecule has 2 heterocycles. The Morgan fingerprint density at radius 3 is 2.70 bits per heavy atom. The Morgan fingerprint density at radius 1 is 1.50 bits per heavy atom. The van der Waals surface area contributed by atoms with E-state index in [1.54, 1.807) is 6.20 Å². The van der Waals surface area contributed by atoms with Crippen molar-refractivity contribution >= 4 is 11.6 Å². The number of carbonyl (C=O) groups is 1. The minimum Gasteiger partial charge on any atom is -0.334 e. The van der Waals surface area contributed by atoms with Crippen LogP contribution in [0.4, 0.5) is 5.69 Å². The highest BCUT2D eigenvalue weighted by Gasteiger charge is 2.32. The molecule has 6 nitrogen and oxygen atoms in total. The van der Waals surface area contributed by atoms with E-state index < -0.39 is 0 Å². The molecule has 110 valence electrons. The standard InChI is InChI=1S/C14H23N5O/c1-8(2)13-16-6-11(18-15)12(17-13)14(20)19-7-9(3)5-10(19)4/h6,8-10,18H,5,7,15H2,1-4H3. The number of anilines is 1. The lowest BCUT2D eigenvalue weighted by Gasteiger charge is -2.22. The molecule has 0 aliphatic carbocycles. The number of rotatable bonds is 3. The number of amides is 1. The van der Waals surface area contributed by atoms with E-state index in [0.29, 0.717) is 23.1 Å². The molecule has 20 heavy (non-hydrogen) atoms. The molecule has 2 atom stereocenters. The summed E-state index contributed by atoms with van der Waals surface area (Å²) in [4.78, 5) is 23.2. The van der Waals surface area contributed by atoms with Gasteiger partial charge in [0.1, 0.15) is 5.82 Å². The summed E-state index contributed by atoms with van der Waals surface area (Å²) >= 11 is 0. The number of nitrogens with two attached hydrogens (primary N) is 1. The van der Waals surface area contributed by atoms with Crippen LogP contribution in [0.5, 0.6) is 0 Å². The Labute approximate surface area is 119 Å². The fourth-order valence-corrected chi connectivity index (χ4v) is 2.66. The predicted octanol–water partition coefficient (Wildman–Crippen LogP) is 1.76. The minimum absolute atomic E-state index is 0.0703. The lowest BCUT2D eigenvalue weighted by molar-refractivity contribution is 0.0738. The lowest BCUT2D eigenvalue weighted by Crippen LogP contribution is -2.35. The number of nitrogens with one attached hydrogen (secondary N) is 1. The fraction of sp³-hybridized carbons (Fsp3) is 0.643. The molecule has 0 bridgehead atoms. The Kier molecular flexibility index (Phi) is 4.23. The second kappa shape index (κ2) is 5.75. The summed E-state index contributed by atoms with van der Waals surface area (Å²) in [5, 5.41) is 0. The van der Waals surface area contributed by atoms with Crippen LogP contribution in [0.15, 0.2) is 6.20 Å². The lowest BCUT2D eigenvalue weighted by atomic mass is 10.1. The van der Waals surface area contributed by atoms with Crippen LogP contribution in [0.2, 0.25) is 0 Å². The monoisotopic (exact) mass is 277 g/mol. The van der Waals surface area contributed by atoms with Crippen LogP contribution in [0.25, 0.3) is 0 Å². The Morgan fingerprint density at radius 2 is 2.20 bits per heavy atom. The molecule has 1 aromatic rings. The van der Waals surface area contributed by atoms with Gasteiger partial charge in [-0.05, 0) is 19.3 Å². The number of hydrogen-bond acceptors (Lipinski definition) is 5. The Bertz CT molecular complexity index is 502. The zero-order valence-electron chi connectivity index (χ0n) is 12.6. The topological polar surface area (TPSA) is 84.1 Å². The van der Waals surface area contributed by atoms with Crippen molar-refractivity contribution in [1.82, 2.24) is 14.9 Å². The van der Waals surface area contributed by atoms with E-state index >= 15 is 0 Å². The number of hydrazine groups is 1. The molecule has 1 fully saturated rings. The third kappa shape index (κ3) is 2.75. The highest BCUT2D eigenvalue weighted by Crippen LogP contribution is 2.26. The van der Waals surface area contributed by atoms with Crippen LogP contribution in [-0.4, -0.2) is 33.4 Å². The summed E-state index contributed by atoms with van der Waals surface area (Å²) in [5.74, 6) is 6.76. The average Bonchev–Trinajstić information content (AvgIpc) is 2.76. The summed E-state index contributed by atoms with van der Waals surface area (Å²) in [6.45, 7) is 9.00. The molecule has 0 radical (unpaired) electrons. The number of nitrogens with zero attached hydrogens (tertiary/aromatic N) is 3. The highest BCUT2D eigenvalue weighted by atomic mass is 16.2. The Balaban J connectivity index is 2.35. The molecule has 2 rings (SSSR count). The molecular formula is C14H23N5O. The van der Waals surface area contributed by atoms with Crippen molar-refractivity contribution in [2.45, 2.75) is 46.1 Å². The maximum Gasteiger partial charge on any atom is 0.275 e. The summed E-state index contributed by atoms with van der Waals surface area (Å²) in [7, 11) is 0. The molecule has 0 spiro atoms. The Hall–Kier alpha value is -1.69. The number of aromatic nitrogens is 2. The van der Waals surface area contributed by atoms with Crippen LogP contribution in [0.1, 0.15) is 56.3 Å². The molecule has 0 aromatic carbocycles. The largest absolute Gasteiger partial charge is 0.334 e. The number of hydrogen-bond donors (Lipinski definition) is 2. The van der Waals surface area contributed by atoms with Crippen molar-refractivity contribution in [1.29, 1.82) is 0 Å². The number of carbonyl (C=O) groups excluding carboxylic acids is 1. The van der Waals surface area contributed by atoms with Gasteiger partial charge < -0.3 is 10.3 Å². The average molecular weight is 277 g/mol. The van der Waals surface area contributed by atoms with Crippen molar-refractivity contribution in [3.8, 4) is 0 Å². The van der Waals surface area contributed by atoms with Crippen molar-refractivity contribution in [2.75, 3.05) is 12.0 Å². The van der Waals surface area contributed by atoms with E-state index in [4.69, 9.17) is 5.84 Å². The van der Waals surface area contributed by atoms with E-state index in [2.05, 4.69) is 29.2 Å². The first-order valence-electron chi connectivity index (χ1n) is 7.08. The van der Waals surface area contributed by atoms with Crippen LogP contribution >= 0.6 is 0 Å². The van der Waals surface area contributed by atoms with E-state index in [1.165, 1.54) is 0 Å². The summed E-state index contributed by atoms with van der Waals surface area (Å²) < 4.78 is 0. The highest BCUT2D eigenvalue weighted by molar-refractivity contribution is 5.97. The molecule has 3 N–H and O–H groups in total. The zero-order valence-corrected chi connectivity index (χ0v) is 12.6. The molecule has 6 heteroatoms. The van der Waals surface area contributed by atoms with Crippen LogP contribution in [0.3, 0.4) is 0 Å². The van der Waals surface area contributed by atoms with Crippen LogP contribution in [-0.2, 0) is 0 Å². The van der Waals surface area contributed by atoms with E-state index in [1.807, 2.05) is 18.7 Å². The van der Waals surface area contributed by atoms with Gasteiger partial charge in [-0.15, -0.1) is 0 Å². The molecule has 2 unspecified atom stereocenters. The maximum atomic E-state index is 12.7. The summed E-state index contributed by atoms with van der Waals surface area (Å²) in [6.07, 6.45) is 2.61. The van der Waals surface area contributed by atoms with Gasteiger partial charge in [-0.3, -0.25) is 10.6 Å². The van der Waals surface area contributed by atoms with Gasteiger partial charge >= 0.3 is 0 Å². The maximum absolute atomic E-state index is 12.7. The molecule has 1 aromatic heterocycles. The van der Waals surface area contributed by atoms with Gasteiger partial charge in [-0.2, -0.15) is 0 Å². The predicted molar refractivity (Wildman–Crippen MR) is 78.2 cm³/mol. The zero-order chi connectivity index (χ0) is 14.9. The van der Waals surface area contributed by atoms with E-state index in [0.717, 1.165) is 13.0 Å². The third-order valence-corrected chi connectivity index (χ3v) is 3.73. The van der Waals surface area contributed by atoms with Gasteiger partial charge in [0.25, 0.3) is 5.91 Å².